The van der Waals surface area contributed by atoms with Gasteiger partial charge in [0.15, 0.2) is 17.5 Å². The SMILES string of the molecule is c1ccc(-c2nc(-c3ccccc3)nc(-c3cccc(-c4ccc5c(c4)sc4cccc(-c6ccc7oc8ccccc8c7c6)c45)c3)n2)cc1. The fourth-order valence-corrected chi connectivity index (χ4v) is 8.09. The van der Waals surface area contributed by atoms with Crippen molar-refractivity contribution >= 4 is 53.4 Å². The van der Waals surface area contributed by atoms with Crippen molar-refractivity contribution in [1.29, 1.82) is 0 Å². The number of fused-ring (bicyclic) bond motifs is 6. The van der Waals surface area contributed by atoms with Crippen molar-refractivity contribution in [3.63, 3.8) is 0 Å². The van der Waals surface area contributed by atoms with Crippen LogP contribution in [0.25, 0.3) is 98.5 Å². The summed E-state index contributed by atoms with van der Waals surface area (Å²) in [6, 6.07) is 56.9. The number of para-hydroxylation sites is 1. The molecule has 0 aliphatic rings. The lowest BCUT2D eigenvalue weighted by molar-refractivity contribution is 0.669. The normalized spacial score (nSPS) is 11.6. The Morgan fingerprint density at radius 1 is 0.360 bits per heavy atom. The monoisotopic (exact) mass is 657 g/mol. The van der Waals surface area contributed by atoms with Gasteiger partial charge in [-0.3, -0.25) is 0 Å². The van der Waals surface area contributed by atoms with E-state index in [0.29, 0.717) is 17.5 Å². The van der Waals surface area contributed by atoms with Gasteiger partial charge >= 0.3 is 0 Å². The molecule has 0 N–H and O–H groups in total. The zero-order chi connectivity index (χ0) is 33.0. The van der Waals surface area contributed by atoms with Crippen LogP contribution < -0.4 is 0 Å². The Morgan fingerprint density at radius 3 is 1.74 bits per heavy atom. The average Bonchev–Trinajstić information content (AvgIpc) is 3.76. The highest BCUT2D eigenvalue weighted by Crippen LogP contribution is 2.43. The first-order chi connectivity index (χ1) is 24.7. The van der Waals surface area contributed by atoms with Crippen LogP contribution in [0.2, 0.25) is 0 Å². The average molecular weight is 658 g/mol. The Kier molecular flexibility index (Phi) is 6.64. The topological polar surface area (TPSA) is 51.8 Å². The van der Waals surface area contributed by atoms with Crippen LogP contribution in [-0.4, -0.2) is 15.0 Å². The van der Waals surface area contributed by atoms with Gasteiger partial charge in [0.2, 0.25) is 0 Å². The van der Waals surface area contributed by atoms with Crippen LogP contribution >= 0.6 is 11.3 Å². The molecule has 0 bridgehead atoms. The van der Waals surface area contributed by atoms with Gasteiger partial charge in [0, 0.05) is 47.6 Å². The van der Waals surface area contributed by atoms with Crippen LogP contribution in [0.5, 0.6) is 0 Å². The molecule has 0 radical (unpaired) electrons. The third-order valence-electron chi connectivity index (χ3n) is 9.34. The van der Waals surface area contributed by atoms with E-state index in [0.717, 1.165) is 49.8 Å². The second-order valence-corrected chi connectivity index (χ2v) is 13.5. The van der Waals surface area contributed by atoms with Crippen LogP contribution in [0, 0.1) is 0 Å². The van der Waals surface area contributed by atoms with Crippen molar-refractivity contribution in [3.8, 4) is 56.4 Å². The molecule has 0 atom stereocenters. The van der Waals surface area contributed by atoms with Crippen LogP contribution in [0.4, 0.5) is 0 Å². The highest BCUT2D eigenvalue weighted by atomic mass is 32.1. The van der Waals surface area contributed by atoms with Gasteiger partial charge in [0.25, 0.3) is 0 Å². The minimum Gasteiger partial charge on any atom is -0.456 e. The molecular formula is C45H27N3OS. The molecule has 3 aromatic heterocycles. The minimum atomic E-state index is 0.648. The van der Waals surface area contributed by atoms with E-state index >= 15 is 0 Å². The molecule has 4 nitrogen and oxygen atoms in total. The quantitative estimate of drug-likeness (QED) is 0.185. The zero-order valence-electron chi connectivity index (χ0n) is 26.7. The third kappa shape index (κ3) is 4.87. The van der Waals surface area contributed by atoms with Crippen molar-refractivity contribution in [3.05, 3.63) is 164 Å². The van der Waals surface area contributed by atoms with E-state index in [-0.39, 0.29) is 0 Å². The largest absolute Gasteiger partial charge is 0.456 e. The predicted molar refractivity (Wildman–Crippen MR) is 207 cm³/mol. The van der Waals surface area contributed by atoms with Crippen molar-refractivity contribution < 1.29 is 4.42 Å². The number of rotatable bonds is 5. The molecule has 0 aliphatic carbocycles. The Hall–Kier alpha value is -6.43. The summed E-state index contributed by atoms with van der Waals surface area (Å²) >= 11 is 1.84. The van der Waals surface area contributed by atoms with E-state index in [1.165, 1.54) is 31.3 Å². The lowest BCUT2D eigenvalue weighted by Crippen LogP contribution is -2.00. The van der Waals surface area contributed by atoms with E-state index < -0.39 is 0 Å². The molecule has 50 heavy (non-hydrogen) atoms. The minimum absolute atomic E-state index is 0.648. The fourth-order valence-electron chi connectivity index (χ4n) is 6.92. The van der Waals surface area contributed by atoms with Gasteiger partial charge in [-0.2, -0.15) is 0 Å². The molecule has 0 aliphatic heterocycles. The summed E-state index contributed by atoms with van der Waals surface area (Å²) in [6.45, 7) is 0. The van der Waals surface area contributed by atoms with Gasteiger partial charge in [0.1, 0.15) is 11.2 Å². The second kappa shape index (κ2) is 11.6. The maximum absolute atomic E-state index is 6.12. The smallest absolute Gasteiger partial charge is 0.164 e. The molecule has 5 heteroatoms. The third-order valence-corrected chi connectivity index (χ3v) is 10.5. The van der Waals surface area contributed by atoms with Gasteiger partial charge in [-0.1, -0.05) is 127 Å². The molecule has 0 unspecified atom stereocenters. The summed E-state index contributed by atoms with van der Waals surface area (Å²) < 4.78 is 8.64. The van der Waals surface area contributed by atoms with Gasteiger partial charge in [-0.05, 0) is 58.7 Å². The van der Waals surface area contributed by atoms with E-state index in [1.54, 1.807) is 0 Å². The van der Waals surface area contributed by atoms with Gasteiger partial charge < -0.3 is 4.42 Å². The molecule has 234 valence electrons. The standard InChI is InChI=1S/C45H27N3OS/c1-3-11-28(12-4-1)43-46-44(29-13-5-2-6-14-29)48-45(47-43)33-16-9-15-30(25-33)31-21-23-36-41(27-31)50-40-20-10-18-34(42(36)40)32-22-24-39-37(26-32)35-17-7-8-19-38(35)49-39/h1-27H. The highest BCUT2D eigenvalue weighted by molar-refractivity contribution is 7.26. The van der Waals surface area contributed by atoms with Crippen molar-refractivity contribution in [2.45, 2.75) is 0 Å². The maximum Gasteiger partial charge on any atom is 0.164 e. The molecule has 0 saturated heterocycles. The van der Waals surface area contributed by atoms with Crippen LogP contribution in [0.3, 0.4) is 0 Å². The van der Waals surface area contributed by atoms with Crippen molar-refractivity contribution in [2.24, 2.45) is 0 Å². The predicted octanol–water partition coefficient (Wildman–Crippen LogP) is 12.5. The number of hydrogen-bond acceptors (Lipinski definition) is 5. The van der Waals surface area contributed by atoms with E-state index in [2.05, 4.69) is 91.0 Å². The van der Waals surface area contributed by atoms with E-state index in [9.17, 15) is 0 Å². The fraction of sp³-hybridized carbons (Fsp3) is 0. The number of hydrogen-bond donors (Lipinski definition) is 0. The number of thiophene rings is 1. The summed E-state index contributed by atoms with van der Waals surface area (Å²) in [5, 5.41) is 4.83. The number of benzene rings is 7. The molecule has 0 fully saturated rings. The highest BCUT2D eigenvalue weighted by Gasteiger charge is 2.16. The molecule has 0 saturated carbocycles. The molecule has 10 rings (SSSR count). The van der Waals surface area contributed by atoms with E-state index in [4.69, 9.17) is 19.4 Å². The Bertz CT molecular complexity index is 2820. The first kappa shape index (κ1) is 28.6. The van der Waals surface area contributed by atoms with Gasteiger partial charge in [-0.25, -0.2) is 15.0 Å². The first-order valence-corrected chi connectivity index (χ1v) is 17.4. The van der Waals surface area contributed by atoms with E-state index in [1.807, 2.05) is 84.1 Å². The summed E-state index contributed by atoms with van der Waals surface area (Å²) in [5.41, 5.74) is 9.37. The molecule has 7 aromatic carbocycles. The molecule has 3 heterocycles. The van der Waals surface area contributed by atoms with Crippen LogP contribution in [-0.2, 0) is 0 Å². The lowest BCUT2D eigenvalue weighted by atomic mass is 9.96. The van der Waals surface area contributed by atoms with Crippen molar-refractivity contribution in [1.82, 2.24) is 15.0 Å². The molecule has 10 aromatic rings. The zero-order valence-corrected chi connectivity index (χ0v) is 27.6. The van der Waals surface area contributed by atoms with Crippen LogP contribution in [0.1, 0.15) is 0 Å². The Morgan fingerprint density at radius 2 is 0.960 bits per heavy atom. The first-order valence-electron chi connectivity index (χ1n) is 16.6. The summed E-state index contributed by atoms with van der Waals surface area (Å²) in [4.78, 5) is 14.8. The lowest BCUT2D eigenvalue weighted by Gasteiger charge is -2.10. The van der Waals surface area contributed by atoms with Crippen molar-refractivity contribution in [2.75, 3.05) is 0 Å². The van der Waals surface area contributed by atoms with Gasteiger partial charge in [-0.15, -0.1) is 11.3 Å². The number of aromatic nitrogens is 3. The summed E-state index contributed by atoms with van der Waals surface area (Å²) in [6.07, 6.45) is 0. The Labute approximate surface area is 292 Å². The molecule has 0 spiro atoms. The summed E-state index contributed by atoms with van der Waals surface area (Å²) in [5.74, 6) is 1.96. The van der Waals surface area contributed by atoms with Crippen LogP contribution in [0.15, 0.2) is 168 Å². The molecule has 0 amide bonds. The summed E-state index contributed by atoms with van der Waals surface area (Å²) in [7, 11) is 0. The second-order valence-electron chi connectivity index (χ2n) is 12.4. The Balaban J connectivity index is 1.07. The number of nitrogens with zero attached hydrogens (tertiary/aromatic N) is 3. The number of furan rings is 1. The molecular weight excluding hydrogens is 631 g/mol. The maximum atomic E-state index is 6.12. The van der Waals surface area contributed by atoms with Gasteiger partial charge in [0.05, 0.1) is 0 Å².